The molecule has 0 bridgehead atoms. The minimum absolute atomic E-state index is 0.143. The lowest BCUT2D eigenvalue weighted by molar-refractivity contribution is -0.131. The number of nitrogens with two attached hydrogens (primary N) is 1. The zero-order chi connectivity index (χ0) is 13.8. The smallest absolute Gasteiger partial charge is 0.222 e. The van der Waals surface area contributed by atoms with E-state index in [0.717, 1.165) is 30.6 Å². The Balaban J connectivity index is 1.76. The van der Waals surface area contributed by atoms with Gasteiger partial charge in [-0.25, -0.2) is 0 Å². The van der Waals surface area contributed by atoms with Crippen molar-refractivity contribution < 1.29 is 9.90 Å². The molecule has 0 unspecified atom stereocenters. The van der Waals surface area contributed by atoms with E-state index in [1.54, 1.807) is 4.90 Å². The minimum Gasteiger partial charge on any atom is -0.399 e. The number of aliphatic hydroxyl groups is 1. The number of hydrogen-bond donors (Lipinski definition) is 2. The van der Waals surface area contributed by atoms with Gasteiger partial charge in [-0.3, -0.25) is 4.79 Å². The Morgan fingerprint density at radius 3 is 2.74 bits per heavy atom. The number of amides is 1. The number of para-hydroxylation sites is 1. The topological polar surface area (TPSA) is 66.6 Å². The molecule has 0 radical (unpaired) electrons. The summed E-state index contributed by atoms with van der Waals surface area (Å²) in [5.74, 6) is 0.607. The van der Waals surface area contributed by atoms with Crippen molar-refractivity contribution in [1.82, 2.24) is 4.90 Å². The summed E-state index contributed by atoms with van der Waals surface area (Å²) in [6.07, 6.45) is 2.66. The number of aliphatic hydroxyl groups excluding tert-OH is 1. The molecular formula is C15H22N2O2. The fourth-order valence-corrected chi connectivity index (χ4v) is 2.53. The molecule has 1 aliphatic rings. The van der Waals surface area contributed by atoms with Gasteiger partial charge in [-0.1, -0.05) is 18.2 Å². The Morgan fingerprint density at radius 2 is 2.11 bits per heavy atom. The second-order valence-corrected chi connectivity index (χ2v) is 5.46. The van der Waals surface area contributed by atoms with Crippen LogP contribution in [0.1, 0.15) is 24.8 Å². The molecule has 19 heavy (non-hydrogen) atoms. The van der Waals surface area contributed by atoms with Crippen molar-refractivity contribution in [3.63, 3.8) is 0 Å². The summed E-state index contributed by atoms with van der Waals surface area (Å²) >= 11 is 0. The van der Waals surface area contributed by atoms with E-state index < -0.39 is 0 Å². The third-order valence-electron chi connectivity index (χ3n) is 3.83. The monoisotopic (exact) mass is 262 g/mol. The van der Waals surface area contributed by atoms with Crippen molar-refractivity contribution in [2.75, 3.05) is 19.3 Å². The molecule has 2 rings (SSSR count). The molecule has 0 atom stereocenters. The lowest BCUT2D eigenvalue weighted by Crippen LogP contribution is -2.39. The summed E-state index contributed by atoms with van der Waals surface area (Å²) < 4.78 is 0. The first-order valence-electron chi connectivity index (χ1n) is 6.81. The molecule has 1 saturated carbocycles. The molecule has 0 spiro atoms. The van der Waals surface area contributed by atoms with E-state index in [-0.39, 0.29) is 12.0 Å². The number of carbonyl (C=O) groups excluding carboxylic acids is 1. The molecule has 1 aromatic rings. The highest BCUT2D eigenvalue weighted by Crippen LogP contribution is 2.27. The number of benzene rings is 1. The Bertz CT molecular complexity index is 442. The zero-order valence-corrected chi connectivity index (χ0v) is 11.4. The summed E-state index contributed by atoms with van der Waals surface area (Å²) in [5.41, 5.74) is 7.64. The highest BCUT2D eigenvalue weighted by molar-refractivity contribution is 5.76. The molecule has 104 valence electrons. The fraction of sp³-hybridized carbons (Fsp3) is 0.533. The van der Waals surface area contributed by atoms with Crippen molar-refractivity contribution in [2.45, 2.75) is 31.8 Å². The maximum atomic E-state index is 12.0. The minimum atomic E-state index is -0.155. The van der Waals surface area contributed by atoms with Gasteiger partial charge in [-0.05, 0) is 36.8 Å². The van der Waals surface area contributed by atoms with Gasteiger partial charge in [0, 0.05) is 25.7 Å². The second kappa shape index (κ2) is 6.06. The van der Waals surface area contributed by atoms with Crippen LogP contribution in [0.3, 0.4) is 0 Å². The van der Waals surface area contributed by atoms with Crippen LogP contribution in [-0.4, -0.2) is 35.6 Å². The van der Waals surface area contributed by atoms with E-state index >= 15 is 0 Å². The number of anilines is 1. The first-order chi connectivity index (χ1) is 9.06. The van der Waals surface area contributed by atoms with Crippen LogP contribution in [-0.2, 0) is 11.2 Å². The first kappa shape index (κ1) is 13.9. The molecule has 3 N–H and O–H groups in total. The summed E-state index contributed by atoms with van der Waals surface area (Å²) in [6.45, 7) is 0.750. The summed E-state index contributed by atoms with van der Waals surface area (Å²) in [6, 6.07) is 7.66. The highest BCUT2D eigenvalue weighted by atomic mass is 16.3. The number of aryl methyl sites for hydroxylation is 1. The van der Waals surface area contributed by atoms with Gasteiger partial charge in [0.25, 0.3) is 0 Å². The van der Waals surface area contributed by atoms with Gasteiger partial charge in [0.2, 0.25) is 5.91 Å². The quantitative estimate of drug-likeness (QED) is 0.789. The first-order valence-corrected chi connectivity index (χ1v) is 6.81. The van der Waals surface area contributed by atoms with Crippen LogP contribution in [0.25, 0.3) is 0 Å². The molecule has 0 heterocycles. The molecule has 1 aliphatic carbocycles. The van der Waals surface area contributed by atoms with Gasteiger partial charge in [-0.2, -0.15) is 0 Å². The summed E-state index contributed by atoms with van der Waals surface area (Å²) in [5, 5.41) is 9.24. The van der Waals surface area contributed by atoms with Gasteiger partial charge in [0.05, 0.1) is 6.10 Å². The van der Waals surface area contributed by atoms with Crippen molar-refractivity contribution in [3.8, 4) is 0 Å². The fourth-order valence-electron chi connectivity index (χ4n) is 2.53. The number of carbonyl (C=O) groups is 1. The SMILES string of the molecule is CN(CC1CC(O)C1)C(=O)CCc1ccccc1N. The van der Waals surface area contributed by atoms with E-state index in [1.165, 1.54) is 0 Å². The van der Waals surface area contributed by atoms with Crippen LogP contribution in [0.15, 0.2) is 24.3 Å². The van der Waals surface area contributed by atoms with E-state index in [0.29, 0.717) is 18.8 Å². The van der Waals surface area contributed by atoms with Gasteiger partial charge in [-0.15, -0.1) is 0 Å². The van der Waals surface area contributed by atoms with Gasteiger partial charge < -0.3 is 15.7 Å². The van der Waals surface area contributed by atoms with Crippen LogP contribution in [0.2, 0.25) is 0 Å². The zero-order valence-electron chi connectivity index (χ0n) is 11.4. The van der Waals surface area contributed by atoms with Crippen molar-refractivity contribution >= 4 is 11.6 Å². The summed E-state index contributed by atoms with van der Waals surface area (Å²) in [4.78, 5) is 13.8. The van der Waals surface area contributed by atoms with Gasteiger partial charge >= 0.3 is 0 Å². The molecule has 0 aromatic heterocycles. The maximum absolute atomic E-state index is 12.0. The molecule has 1 fully saturated rings. The standard InChI is InChI=1S/C15H22N2O2/c1-17(10-11-8-13(18)9-11)15(19)7-6-12-4-2-3-5-14(12)16/h2-5,11,13,18H,6-10,16H2,1H3. The second-order valence-electron chi connectivity index (χ2n) is 5.46. The van der Waals surface area contributed by atoms with Gasteiger partial charge in [0.15, 0.2) is 0 Å². The molecule has 1 aromatic carbocycles. The van der Waals surface area contributed by atoms with E-state index in [9.17, 15) is 9.90 Å². The Morgan fingerprint density at radius 1 is 1.42 bits per heavy atom. The average Bonchev–Trinajstić information content (AvgIpc) is 2.35. The van der Waals surface area contributed by atoms with Crippen LogP contribution in [0.4, 0.5) is 5.69 Å². The number of rotatable bonds is 5. The molecule has 1 amide bonds. The molecule has 0 saturated heterocycles. The normalized spacial score (nSPS) is 21.8. The van der Waals surface area contributed by atoms with Crippen LogP contribution >= 0.6 is 0 Å². The molecule has 0 aliphatic heterocycles. The van der Waals surface area contributed by atoms with E-state index in [2.05, 4.69) is 0 Å². The Kier molecular flexibility index (Phi) is 4.43. The Labute approximate surface area is 114 Å². The lowest BCUT2D eigenvalue weighted by Gasteiger charge is -2.34. The van der Waals surface area contributed by atoms with Crippen LogP contribution < -0.4 is 5.73 Å². The maximum Gasteiger partial charge on any atom is 0.222 e. The van der Waals surface area contributed by atoms with Crippen molar-refractivity contribution in [1.29, 1.82) is 0 Å². The number of nitrogen functional groups attached to an aromatic ring is 1. The van der Waals surface area contributed by atoms with E-state index in [4.69, 9.17) is 5.73 Å². The third kappa shape index (κ3) is 3.70. The predicted octanol–water partition coefficient (Wildman–Crippen LogP) is 1.43. The van der Waals surface area contributed by atoms with E-state index in [1.807, 2.05) is 31.3 Å². The Hall–Kier alpha value is -1.55. The molecular weight excluding hydrogens is 240 g/mol. The molecule has 4 nitrogen and oxygen atoms in total. The highest BCUT2D eigenvalue weighted by Gasteiger charge is 2.28. The largest absolute Gasteiger partial charge is 0.399 e. The van der Waals surface area contributed by atoms with Gasteiger partial charge in [0.1, 0.15) is 0 Å². The van der Waals surface area contributed by atoms with Crippen LogP contribution in [0.5, 0.6) is 0 Å². The average molecular weight is 262 g/mol. The number of nitrogens with zero attached hydrogens (tertiary/aromatic N) is 1. The lowest BCUT2D eigenvalue weighted by atomic mass is 9.82. The third-order valence-corrected chi connectivity index (χ3v) is 3.83. The number of hydrogen-bond acceptors (Lipinski definition) is 3. The summed E-state index contributed by atoms with van der Waals surface area (Å²) in [7, 11) is 1.83. The van der Waals surface area contributed by atoms with Crippen LogP contribution in [0, 0.1) is 5.92 Å². The van der Waals surface area contributed by atoms with Crippen molar-refractivity contribution in [2.24, 2.45) is 5.92 Å². The predicted molar refractivity (Wildman–Crippen MR) is 75.5 cm³/mol. The molecule has 4 heteroatoms. The van der Waals surface area contributed by atoms with Crippen molar-refractivity contribution in [3.05, 3.63) is 29.8 Å².